The first-order chi connectivity index (χ1) is 6.42. The van der Waals surface area contributed by atoms with Crippen molar-refractivity contribution in [1.82, 2.24) is 4.90 Å². The van der Waals surface area contributed by atoms with Gasteiger partial charge in [-0.15, -0.1) is 0 Å². The number of nitrogens with zero attached hydrogens (tertiary/aromatic N) is 1. The van der Waals surface area contributed by atoms with Gasteiger partial charge in [-0.1, -0.05) is 26.2 Å². The Morgan fingerprint density at radius 1 is 1.29 bits per heavy atom. The minimum atomic E-state index is 0.384. The molecule has 0 aromatic rings. The van der Waals surface area contributed by atoms with Crippen LogP contribution < -0.4 is 0 Å². The predicted molar refractivity (Wildman–Crippen MR) is 67.2 cm³/mol. The van der Waals surface area contributed by atoms with Gasteiger partial charge >= 0.3 is 0 Å². The lowest BCUT2D eigenvalue weighted by Crippen LogP contribution is -2.37. The highest BCUT2D eigenvalue weighted by Gasteiger charge is 2.18. The minimum Gasteiger partial charge on any atom is -0.304 e. The molecule has 0 aliphatic rings. The van der Waals surface area contributed by atoms with E-state index in [9.17, 15) is 0 Å². The monoisotopic (exact) mass is 216 g/mol. The summed E-state index contributed by atoms with van der Waals surface area (Å²) < 4.78 is 0. The van der Waals surface area contributed by atoms with Gasteiger partial charge in [0.2, 0.25) is 0 Å². The number of thiocarbonyl (C=S) groups is 1. The van der Waals surface area contributed by atoms with Gasteiger partial charge in [0.1, 0.15) is 0 Å². The van der Waals surface area contributed by atoms with Crippen molar-refractivity contribution >= 4 is 17.4 Å². The van der Waals surface area contributed by atoms with Crippen LogP contribution in [-0.4, -0.2) is 29.7 Å². The van der Waals surface area contributed by atoms with Crippen LogP contribution >= 0.6 is 12.2 Å². The highest BCUT2D eigenvalue weighted by atomic mass is 32.1. The zero-order valence-corrected chi connectivity index (χ0v) is 11.0. The molecule has 0 atom stereocenters. The third-order valence-corrected chi connectivity index (χ3v) is 2.60. The molecule has 14 heavy (non-hydrogen) atoms. The Labute approximate surface area is 94.2 Å². The minimum absolute atomic E-state index is 0.384. The van der Waals surface area contributed by atoms with Gasteiger partial charge in [-0.3, -0.25) is 0 Å². The molecule has 0 bridgehead atoms. The van der Waals surface area contributed by atoms with Crippen molar-refractivity contribution in [2.75, 3.05) is 14.1 Å². The summed E-state index contributed by atoms with van der Waals surface area (Å²) in [6.07, 6.45) is 5.37. The maximum atomic E-state index is 5.77. The zero-order chi connectivity index (χ0) is 11.6. The van der Waals surface area contributed by atoms with E-state index in [0.717, 1.165) is 0 Å². The first-order valence-electron chi connectivity index (χ1n) is 5.13. The van der Waals surface area contributed by atoms with Gasteiger partial charge in [0.25, 0.3) is 0 Å². The van der Waals surface area contributed by atoms with E-state index in [1.807, 2.05) is 0 Å². The first-order valence-corrected chi connectivity index (χ1v) is 5.54. The van der Waals surface area contributed by atoms with Crippen LogP contribution in [0.2, 0.25) is 0 Å². The summed E-state index contributed by atoms with van der Waals surface area (Å²) >= 11 is 3.81. The van der Waals surface area contributed by atoms with Gasteiger partial charge in [-0.25, -0.2) is 5.41 Å². The molecule has 3 heteroatoms. The summed E-state index contributed by atoms with van der Waals surface area (Å²) in [5, 5.41) is 7.36. The number of hydrogen-bond acceptors (Lipinski definition) is 3. The molecule has 84 valence electrons. The molecule has 2 nitrogen and oxygen atoms in total. The van der Waals surface area contributed by atoms with E-state index in [0.29, 0.717) is 5.54 Å². The maximum Gasteiger partial charge on any atom is 0.0554 e. The molecule has 0 amide bonds. The lowest BCUT2D eigenvalue weighted by atomic mass is 9.96. The van der Waals surface area contributed by atoms with Crippen LogP contribution in [0.1, 0.15) is 46.5 Å². The molecule has 0 spiro atoms. The van der Waals surface area contributed by atoms with Crippen LogP contribution in [0, 0.1) is 5.41 Å². The largest absolute Gasteiger partial charge is 0.304 e. The standard InChI is InChI=1S/C10H23N.CHNS/c1-6-7-8-9-10(2,3)11(4)5;2-1-3/h6-9H2,1-5H3;2H. The quantitative estimate of drug-likeness (QED) is 0.432. The van der Waals surface area contributed by atoms with Gasteiger partial charge < -0.3 is 4.90 Å². The highest BCUT2D eigenvalue weighted by Crippen LogP contribution is 2.18. The van der Waals surface area contributed by atoms with E-state index >= 15 is 0 Å². The zero-order valence-electron chi connectivity index (χ0n) is 10.2. The second-order valence-electron chi connectivity index (χ2n) is 4.27. The van der Waals surface area contributed by atoms with Crippen molar-refractivity contribution < 1.29 is 0 Å². The first kappa shape index (κ1) is 16.2. The molecule has 0 heterocycles. The molecule has 0 aromatic heterocycles. The average molecular weight is 216 g/mol. The number of hydrogen-bond donors (Lipinski definition) is 1. The Kier molecular flexibility index (Phi) is 10.8. The van der Waals surface area contributed by atoms with Gasteiger partial charge in [0.15, 0.2) is 0 Å². The number of unbranched alkanes of at least 4 members (excludes halogenated alkanes) is 2. The van der Waals surface area contributed by atoms with Crippen LogP contribution in [0.5, 0.6) is 0 Å². The smallest absolute Gasteiger partial charge is 0.0554 e. The molecule has 0 unspecified atom stereocenters. The summed E-state index contributed by atoms with van der Waals surface area (Å²) in [5.74, 6) is 0. The fourth-order valence-electron chi connectivity index (χ4n) is 1.03. The van der Waals surface area contributed by atoms with Crippen LogP contribution in [0.25, 0.3) is 0 Å². The summed E-state index contributed by atoms with van der Waals surface area (Å²) in [5.41, 5.74) is 0.384. The molecule has 0 aliphatic heterocycles. The molecular weight excluding hydrogens is 192 g/mol. The second kappa shape index (κ2) is 9.32. The fraction of sp³-hybridized carbons (Fsp3) is 0.909. The number of rotatable bonds is 5. The lowest BCUT2D eigenvalue weighted by Gasteiger charge is -2.32. The van der Waals surface area contributed by atoms with Crippen molar-refractivity contribution in [1.29, 1.82) is 5.41 Å². The maximum absolute atomic E-state index is 5.77. The van der Waals surface area contributed by atoms with Crippen LogP contribution in [0.4, 0.5) is 0 Å². The molecule has 0 rings (SSSR count). The molecule has 0 saturated carbocycles. The second-order valence-corrected chi connectivity index (χ2v) is 4.47. The SMILES string of the molecule is CCCCCC(C)(C)N(C)C.N=C=S. The van der Waals surface area contributed by atoms with Crippen LogP contribution in [0.15, 0.2) is 0 Å². The Morgan fingerprint density at radius 2 is 1.71 bits per heavy atom. The van der Waals surface area contributed by atoms with Crippen molar-refractivity contribution in [3.05, 3.63) is 0 Å². The average Bonchev–Trinajstić information content (AvgIpc) is 2.05. The highest BCUT2D eigenvalue weighted by molar-refractivity contribution is 7.78. The normalized spacial score (nSPS) is 10.4. The van der Waals surface area contributed by atoms with Gasteiger partial charge in [-0.2, -0.15) is 0 Å². The predicted octanol–water partition coefficient (Wildman–Crippen LogP) is 3.57. The van der Waals surface area contributed by atoms with E-state index in [4.69, 9.17) is 5.41 Å². The van der Waals surface area contributed by atoms with E-state index in [-0.39, 0.29) is 0 Å². The molecule has 0 radical (unpaired) electrons. The fourth-order valence-corrected chi connectivity index (χ4v) is 1.03. The molecular formula is C11H24N2S. The third kappa shape index (κ3) is 9.85. The van der Waals surface area contributed by atoms with Gasteiger partial charge in [0, 0.05) is 5.54 Å². The van der Waals surface area contributed by atoms with Crippen molar-refractivity contribution in [3.63, 3.8) is 0 Å². The van der Waals surface area contributed by atoms with E-state index < -0.39 is 0 Å². The topological polar surface area (TPSA) is 27.1 Å². The van der Waals surface area contributed by atoms with Crippen molar-refractivity contribution in [2.45, 2.75) is 52.0 Å². The molecule has 0 aliphatic carbocycles. The van der Waals surface area contributed by atoms with Gasteiger partial charge in [0.05, 0.1) is 5.16 Å². The van der Waals surface area contributed by atoms with E-state index in [2.05, 4.69) is 52.0 Å². The molecule has 1 N–H and O–H groups in total. The summed E-state index contributed by atoms with van der Waals surface area (Å²) in [6, 6.07) is 0. The summed E-state index contributed by atoms with van der Waals surface area (Å²) in [7, 11) is 4.32. The molecule has 0 fully saturated rings. The van der Waals surface area contributed by atoms with Crippen molar-refractivity contribution in [3.8, 4) is 0 Å². The van der Waals surface area contributed by atoms with Crippen LogP contribution in [-0.2, 0) is 0 Å². The Bertz CT molecular complexity index is 159. The Morgan fingerprint density at radius 3 is 2.00 bits per heavy atom. The van der Waals surface area contributed by atoms with Gasteiger partial charge in [-0.05, 0) is 46.6 Å². The van der Waals surface area contributed by atoms with Crippen LogP contribution in [0.3, 0.4) is 0 Å². The Balaban J connectivity index is 0. The number of nitrogens with one attached hydrogen (secondary N) is 1. The van der Waals surface area contributed by atoms with E-state index in [1.165, 1.54) is 25.7 Å². The van der Waals surface area contributed by atoms with E-state index in [1.54, 1.807) is 5.16 Å². The Hall–Kier alpha value is -0.240. The van der Waals surface area contributed by atoms with Crippen molar-refractivity contribution in [2.24, 2.45) is 0 Å². The molecule has 0 saturated heterocycles. The summed E-state index contributed by atoms with van der Waals surface area (Å²) in [4.78, 5) is 2.31. The molecule has 0 aromatic carbocycles. The lowest BCUT2D eigenvalue weighted by molar-refractivity contribution is 0.177. The third-order valence-electron chi connectivity index (χ3n) is 2.60. The summed E-state index contributed by atoms with van der Waals surface area (Å²) in [6.45, 7) is 6.87. The number of isothiocyanates is 1.